The van der Waals surface area contributed by atoms with Crippen molar-refractivity contribution in [3.8, 4) is 0 Å². The van der Waals surface area contributed by atoms with Gasteiger partial charge >= 0.3 is 0 Å². The topological polar surface area (TPSA) is 12.0 Å². The van der Waals surface area contributed by atoms with E-state index in [0.717, 1.165) is 12.8 Å². The molecule has 1 rings (SSSR count). The second-order valence-electron chi connectivity index (χ2n) is 2.84. The Hall–Kier alpha value is -0.250. The van der Waals surface area contributed by atoms with Gasteiger partial charge in [-0.3, -0.25) is 0 Å². The van der Waals surface area contributed by atoms with Crippen molar-refractivity contribution < 1.29 is 13.2 Å². The summed E-state index contributed by atoms with van der Waals surface area (Å²) in [5.74, 6) is 0. The van der Waals surface area contributed by atoms with Gasteiger partial charge in [-0.2, -0.15) is 0 Å². The molecule has 0 aromatic heterocycles. The minimum Gasteiger partial charge on any atom is -0.311 e. The minimum atomic E-state index is -2.84. The molecule has 0 saturated carbocycles. The highest BCUT2D eigenvalue weighted by Gasteiger charge is 2.30. The van der Waals surface area contributed by atoms with Crippen LogP contribution in [0.3, 0.4) is 0 Å². The van der Waals surface area contributed by atoms with Crippen LogP contribution in [0.2, 0.25) is 0 Å². The van der Waals surface area contributed by atoms with Crippen molar-refractivity contribution in [2.75, 3.05) is 6.54 Å². The second kappa shape index (κ2) is 3.95. The van der Waals surface area contributed by atoms with Crippen molar-refractivity contribution in [3.05, 3.63) is 0 Å². The molecule has 1 fully saturated rings. The molecule has 0 amide bonds. The maximum atomic E-state index is 12.6. The quantitative estimate of drug-likeness (QED) is 0.660. The van der Waals surface area contributed by atoms with Crippen LogP contribution in [0, 0.1) is 0 Å². The molecular formula is C7H12F3N. The standard InChI is InChI=1S/C7H12F3N/c8-6(7(9)10)5-3-1-2-4-11-5/h5-7,11H,1-4H2. The van der Waals surface area contributed by atoms with E-state index in [2.05, 4.69) is 5.32 Å². The van der Waals surface area contributed by atoms with Gasteiger partial charge in [0.1, 0.15) is 0 Å². The molecule has 1 aliphatic rings. The summed E-state index contributed by atoms with van der Waals surface area (Å²) in [6.45, 7) is 0.664. The van der Waals surface area contributed by atoms with Gasteiger partial charge in [-0.25, -0.2) is 13.2 Å². The predicted molar refractivity (Wildman–Crippen MR) is 36.5 cm³/mol. The van der Waals surface area contributed by atoms with E-state index in [-0.39, 0.29) is 0 Å². The van der Waals surface area contributed by atoms with E-state index < -0.39 is 18.6 Å². The zero-order valence-corrected chi connectivity index (χ0v) is 6.19. The fraction of sp³-hybridized carbons (Fsp3) is 1.00. The fourth-order valence-corrected chi connectivity index (χ4v) is 1.33. The number of halogens is 3. The molecule has 2 unspecified atom stereocenters. The molecule has 4 heteroatoms. The van der Waals surface area contributed by atoms with E-state index in [9.17, 15) is 13.2 Å². The summed E-state index contributed by atoms with van der Waals surface area (Å²) in [5.41, 5.74) is 0. The molecule has 11 heavy (non-hydrogen) atoms. The zero-order chi connectivity index (χ0) is 8.27. The summed E-state index contributed by atoms with van der Waals surface area (Å²) in [6, 6.07) is -0.622. The van der Waals surface area contributed by atoms with E-state index in [0.29, 0.717) is 13.0 Å². The SMILES string of the molecule is FC(F)C(F)C1CCCCN1. The van der Waals surface area contributed by atoms with Gasteiger partial charge in [0.2, 0.25) is 0 Å². The van der Waals surface area contributed by atoms with Crippen LogP contribution >= 0.6 is 0 Å². The number of nitrogens with one attached hydrogen (secondary N) is 1. The van der Waals surface area contributed by atoms with E-state index in [1.165, 1.54) is 0 Å². The van der Waals surface area contributed by atoms with Crippen molar-refractivity contribution in [2.45, 2.75) is 37.9 Å². The first-order valence-electron chi connectivity index (χ1n) is 3.87. The molecule has 0 aromatic carbocycles. The number of hydrogen-bond acceptors (Lipinski definition) is 1. The summed E-state index contributed by atoms with van der Waals surface area (Å²) in [6.07, 6.45) is -2.48. The minimum absolute atomic E-state index is 0.533. The van der Waals surface area contributed by atoms with Gasteiger partial charge in [0.25, 0.3) is 6.43 Å². The first kappa shape index (κ1) is 8.84. The molecule has 1 heterocycles. The Bertz CT molecular complexity index is 112. The molecular weight excluding hydrogens is 155 g/mol. The molecule has 66 valence electrons. The lowest BCUT2D eigenvalue weighted by atomic mass is 10.0. The number of piperidine rings is 1. The van der Waals surface area contributed by atoms with Crippen molar-refractivity contribution in [1.82, 2.24) is 5.32 Å². The Morgan fingerprint density at radius 3 is 2.36 bits per heavy atom. The summed E-state index contributed by atoms with van der Waals surface area (Å²) in [7, 11) is 0. The van der Waals surface area contributed by atoms with Crippen LogP contribution in [-0.2, 0) is 0 Å². The highest BCUT2D eigenvalue weighted by atomic mass is 19.3. The summed E-state index contributed by atoms with van der Waals surface area (Å²) in [4.78, 5) is 0. The molecule has 0 bridgehead atoms. The summed E-state index contributed by atoms with van der Waals surface area (Å²) in [5, 5.41) is 2.75. The maximum Gasteiger partial charge on any atom is 0.270 e. The first-order valence-corrected chi connectivity index (χ1v) is 3.87. The summed E-state index contributed by atoms with van der Waals surface area (Å²) >= 11 is 0. The maximum absolute atomic E-state index is 12.6. The van der Waals surface area contributed by atoms with Crippen LogP contribution in [0.25, 0.3) is 0 Å². The Labute approximate surface area is 64.0 Å². The van der Waals surface area contributed by atoms with Crippen LogP contribution in [0.5, 0.6) is 0 Å². The molecule has 0 radical (unpaired) electrons. The number of alkyl halides is 3. The van der Waals surface area contributed by atoms with Crippen molar-refractivity contribution in [1.29, 1.82) is 0 Å². The third kappa shape index (κ3) is 2.36. The van der Waals surface area contributed by atoms with E-state index in [4.69, 9.17) is 0 Å². The van der Waals surface area contributed by atoms with Crippen molar-refractivity contribution in [3.63, 3.8) is 0 Å². The zero-order valence-electron chi connectivity index (χ0n) is 6.19. The molecule has 0 aromatic rings. The van der Waals surface area contributed by atoms with E-state index in [1.54, 1.807) is 0 Å². The van der Waals surface area contributed by atoms with Gasteiger partial charge in [0, 0.05) is 6.04 Å². The highest BCUT2D eigenvalue weighted by molar-refractivity contribution is 4.80. The average molecular weight is 167 g/mol. The Morgan fingerprint density at radius 2 is 1.91 bits per heavy atom. The van der Waals surface area contributed by atoms with Crippen molar-refractivity contribution >= 4 is 0 Å². The Kier molecular flexibility index (Phi) is 3.17. The van der Waals surface area contributed by atoms with E-state index in [1.807, 2.05) is 0 Å². The fourth-order valence-electron chi connectivity index (χ4n) is 1.33. The monoisotopic (exact) mass is 167 g/mol. The molecule has 1 saturated heterocycles. The van der Waals surface area contributed by atoms with Crippen LogP contribution in [0.1, 0.15) is 19.3 Å². The molecule has 0 aliphatic carbocycles. The third-order valence-corrected chi connectivity index (χ3v) is 1.97. The van der Waals surface area contributed by atoms with Crippen molar-refractivity contribution in [2.24, 2.45) is 0 Å². The Morgan fingerprint density at radius 1 is 1.18 bits per heavy atom. The van der Waals surface area contributed by atoms with Gasteiger partial charge in [-0.05, 0) is 19.4 Å². The third-order valence-electron chi connectivity index (χ3n) is 1.97. The van der Waals surface area contributed by atoms with E-state index >= 15 is 0 Å². The normalized spacial score (nSPS) is 28.9. The van der Waals surface area contributed by atoms with Gasteiger partial charge in [0.15, 0.2) is 6.17 Å². The molecule has 1 aliphatic heterocycles. The largest absolute Gasteiger partial charge is 0.311 e. The van der Waals surface area contributed by atoms with Gasteiger partial charge in [-0.1, -0.05) is 6.42 Å². The Balaban J connectivity index is 2.32. The second-order valence-corrected chi connectivity index (χ2v) is 2.84. The lowest BCUT2D eigenvalue weighted by Gasteiger charge is -2.25. The molecule has 0 spiro atoms. The van der Waals surface area contributed by atoms with Gasteiger partial charge in [-0.15, -0.1) is 0 Å². The molecule has 2 atom stereocenters. The average Bonchev–Trinajstić information content (AvgIpc) is 2.05. The lowest BCUT2D eigenvalue weighted by Crippen LogP contribution is -2.44. The number of rotatable bonds is 2. The molecule has 1 nitrogen and oxygen atoms in total. The van der Waals surface area contributed by atoms with Crippen LogP contribution in [0.4, 0.5) is 13.2 Å². The van der Waals surface area contributed by atoms with Gasteiger partial charge < -0.3 is 5.32 Å². The highest BCUT2D eigenvalue weighted by Crippen LogP contribution is 2.17. The van der Waals surface area contributed by atoms with Crippen LogP contribution in [0.15, 0.2) is 0 Å². The molecule has 1 N–H and O–H groups in total. The smallest absolute Gasteiger partial charge is 0.270 e. The lowest BCUT2D eigenvalue weighted by molar-refractivity contribution is 0.0224. The number of hydrogen-bond donors (Lipinski definition) is 1. The van der Waals surface area contributed by atoms with Crippen LogP contribution in [-0.4, -0.2) is 25.2 Å². The van der Waals surface area contributed by atoms with Crippen LogP contribution < -0.4 is 5.32 Å². The first-order chi connectivity index (χ1) is 5.22. The predicted octanol–water partition coefficient (Wildman–Crippen LogP) is 1.73. The summed E-state index contributed by atoms with van der Waals surface area (Å²) < 4.78 is 36.2. The van der Waals surface area contributed by atoms with Gasteiger partial charge in [0.05, 0.1) is 0 Å².